The molecule has 5 rings (SSSR count). The zero-order valence-electron chi connectivity index (χ0n) is 19.1. The van der Waals surface area contributed by atoms with Gasteiger partial charge in [0, 0.05) is 29.8 Å². The summed E-state index contributed by atoms with van der Waals surface area (Å²) in [5, 5.41) is 37.2. The monoisotopic (exact) mass is 468 g/mol. The fraction of sp³-hybridized carbons (Fsp3) is 0.360. The maximum absolute atomic E-state index is 9.17. The maximum Gasteiger partial charge on any atom is 0.151 e. The molecule has 0 spiro atoms. The molecule has 0 radical (unpaired) electrons. The number of pyridine rings is 1. The van der Waals surface area contributed by atoms with Crippen LogP contribution in [0, 0.1) is 28.6 Å². The molecule has 1 fully saturated rings. The Bertz CT molecular complexity index is 1410. The van der Waals surface area contributed by atoms with E-state index in [0.29, 0.717) is 11.5 Å². The van der Waals surface area contributed by atoms with Gasteiger partial charge in [0.25, 0.3) is 0 Å². The van der Waals surface area contributed by atoms with E-state index in [9.17, 15) is 0 Å². The summed E-state index contributed by atoms with van der Waals surface area (Å²) >= 11 is 1.62. The fourth-order valence-electron chi connectivity index (χ4n) is 4.43. The quantitative estimate of drug-likeness (QED) is 0.416. The number of hydrogen-bond donors (Lipinski definition) is 1. The van der Waals surface area contributed by atoms with E-state index < -0.39 is 0 Å². The SMILES string of the molecule is CC(C)Nc1cc(-c2ccc3cc(C#N)cnn23)ncc1-c1nnc(C2CCC(C#N)CC2)s1. The van der Waals surface area contributed by atoms with Crippen molar-refractivity contribution in [2.24, 2.45) is 5.92 Å². The van der Waals surface area contributed by atoms with Gasteiger partial charge in [-0.15, -0.1) is 10.2 Å². The molecule has 0 aromatic carbocycles. The van der Waals surface area contributed by atoms with E-state index in [1.54, 1.807) is 22.0 Å². The van der Waals surface area contributed by atoms with Crippen LogP contribution in [0.3, 0.4) is 0 Å². The van der Waals surface area contributed by atoms with Crippen molar-refractivity contribution in [3.8, 4) is 34.1 Å². The molecule has 0 bridgehead atoms. The molecule has 0 atom stereocenters. The van der Waals surface area contributed by atoms with Crippen molar-refractivity contribution < 1.29 is 0 Å². The van der Waals surface area contributed by atoms with Crippen molar-refractivity contribution in [2.45, 2.75) is 51.5 Å². The van der Waals surface area contributed by atoms with E-state index in [1.165, 1.54) is 0 Å². The lowest BCUT2D eigenvalue weighted by Gasteiger charge is -2.22. The summed E-state index contributed by atoms with van der Waals surface area (Å²) in [4.78, 5) is 4.74. The molecule has 1 aliphatic carbocycles. The molecule has 9 heteroatoms. The minimum absolute atomic E-state index is 0.174. The molecular formula is C25H24N8S. The van der Waals surface area contributed by atoms with Gasteiger partial charge in [0.1, 0.15) is 11.1 Å². The molecule has 4 aromatic heterocycles. The van der Waals surface area contributed by atoms with Crippen LogP contribution in [0.4, 0.5) is 5.69 Å². The van der Waals surface area contributed by atoms with Gasteiger partial charge >= 0.3 is 0 Å². The summed E-state index contributed by atoms with van der Waals surface area (Å²) in [7, 11) is 0. The number of rotatable bonds is 5. The van der Waals surface area contributed by atoms with Gasteiger partial charge in [-0.2, -0.15) is 15.6 Å². The molecular weight excluding hydrogens is 444 g/mol. The fourth-order valence-corrected chi connectivity index (χ4v) is 5.46. The lowest BCUT2D eigenvalue weighted by Crippen LogP contribution is -2.11. The number of fused-ring (bicyclic) bond motifs is 1. The Kier molecular flexibility index (Phi) is 5.95. The molecule has 4 heterocycles. The van der Waals surface area contributed by atoms with Crippen LogP contribution in [0.1, 0.15) is 56.0 Å². The molecule has 1 saturated carbocycles. The second-order valence-electron chi connectivity index (χ2n) is 8.95. The van der Waals surface area contributed by atoms with Gasteiger partial charge in [0.15, 0.2) is 5.01 Å². The summed E-state index contributed by atoms with van der Waals surface area (Å²) in [6.07, 6.45) is 7.25. The third-order valence-corrected chi connectivity index (χ3v) is 7.29. The zero-order valence-corrected chi connectivity index (χ0v) is 19.9. The van der Waals surface area contributed by atoms with E-state index in [4.69, 9.17) is 15.5 Å². The molecule has 0 aliphatic heterocycles. The largest absolute Gasteiger partial charge is 0.382 e. The van der Waals surface area contributed by atoms with Crippen LogP contribution >= 0.6 is 11.3 Å². The van der Waals surface area contributed by atoms with E-state index in [1.807, 2.05) is 30.5 Å². The van der Waals surface area contributed by atoms with Gasteiger partial charge in [-0.1, -0.05) is 11.3 Å². The maximum atomic E-state index is 9.17. The van der Waals surface area contributed by atoms with Crippen LogP contribution < -0.4 is 5.32 Å². The van der Waals surface area contributed by atoms with Crippen LogP contribution in [0.15, 0.2) is 36.7 Å². The van der Waals surface area contributed by atoms with E-state index in [0.717, 1.165) is 63.9 Å². The summed E-state index contributed by atoms with van der Waals surface area (Å²) in [5.41, 5.74) is 4.87. The highest BCUT2D eigenvalue weighted by atomic mass is 32.1. The molecule has 1 N–H and O–H groups in total. The predicted octanol–water partition coefficient (Wildman–Crippen LogP) is 5.40. The third-order valence-electron chi connectivity index (χ3n) is 6.17. The minimum atomic E-state index is 0.174. The minimum Gasteiger partial charge on any atom is -0.382 e. The van der Waals surface area contributed by atoms with E-state index >= 15 is 0 Å². The topological polar surface area (TPSA) is 116 Å². The van der Waals surface area contributed by atoms with Gasteiger partial charge in [-0.05, 0) is 63.8 Å². The molecule has 4 aromatic rings. The first-order valence-electron chi connectivity index (χ1n) is 11.4. The van der Waals surface area contributed by atoms with Crippen LogP contribution in [-0.4, -0.2) is 30.8 Å². The van der Waals surface area contributed by atoms with Crippen molar-refractivity contribution in [3.05, 3.63) is 47.2 Å². The number of anilines is 1. The first-order chi connectivity index (χ1) is 16.6. The Balaban J connectivity index is 1.48. The van der Waals surface area contributed by atoms with Gasteiger partial charge in [-0.3, -0.25) is 4.98 Å². The van der Waals surface area contributed by atoms with Crippen LogP contribution in [0.2, 0.25) is 0 Å². The molecule has 34 heavy (non-hydrogen) atoms. The van der Waals surface area contributed by atoms with Gasteiger partial charge in [-0.25, -0.2) is 4.52 Å². The molecule has 0 saturated heterocycles. The molecule has 170 valence electrons. The Morgan fingerprint density at radius 3 is 2.65 bits per heavy atom. The number of hydrogen-bond acceptors (Lipinski definition) is 8. The van der Waals surface area contributed by atoms with Gasteiger partial charge in [0.2, 0.25) is 0 Å². The standard InChI is InChI=1S/C25H24N8S/c1-15(2)30-21-10-22(23-8-7-19-9-17(12-27)13-29-33(19)23)28-14-20(21)25-32-31-24(34-25)18-5-3-16(11-26)4-6-18/h7-10,13-16,18H,3-6H2,1-2H3,(H,28,30). The highest BCUT2D eigenvalue weighted by molar-refractivity contribution is 7.14. The summed E-state index contributed by atoms with van der Waals surface area (Å²) in [6.45, 7) is 4.20. The molecule has 0 unspecified atom stereocenters. The number of aromatic nitrogens is 5. The number of nitrogens with one attached hydrogen (secondary N) is 1. The second-order valence-corrected chi connectivity index (χ2v) is 9.96. The van der Waals surface area contributed by atoms with Gasteiger partial charge < -0.3 is 5.32 Å². The highest BCUT2D eigenvalue weighted by Crippen LogP contribution is 2.40. The van der Waals surface area contributed by atoms with Crippen molar-refractivity contribution in [1.29, 1.82) is 10.5 Å². The number of nitriles is 2. The van der Waals surface area contributed by atoms with E-state index in [-0.39, 0.29) is 12.0 Å². The lowest BCUT2D eigenvalue weighted by molar-refractivity contribution is 0.380. The van der Waals surface area contributed by atoms with Crippen LogP contribution in [0.25, 0.3) is 27.5 Å². The average Bonchev–Trinajstić information content (AvgIpc) is 3.51. The summed E-state index contributed by atoms with van der Waals surface area (Å²) in [5.74, 6) is 0.550. The Labute approximate surface area is 201 Å². The first-order valence-corrected chi connectivity index (χ1v) is 12.3. The lowest BCUT2D eigenvalue weighted by atomic mass is 9.83. The van der Waals surface area contributed by atoms with Gasteiger partial charge in [0.05, 0.1) is 40.3 Å². The first kappa shape index (κ1) is 22.0. The van der Waals surface area contributed by atoms with Crippen molar-refractivity contribution >= 4 is 22.5 Å². The van der Waals surface area contributed by atoms with E-state index in [2.05, 4.69) is 46.6 Å². The smallest absolute Gasteiger partial charge is 0.151 e. The predicted molar refractivity (Wildman–Crippen MR) is 131 cm³/mol. The van der Waals surface area contributed by atoms with Crippen molar-refractivity contribution in [2.75, 3.05) is 5.32 Å². The number of nitrogens with zero attached hydrogens (tertiary/aromatic N) is 7. The van der Waals surface area contributed by atoms with Crippen molar-refractivity contribution in [3.63, 3.8) is 0 Å². The Morgan fingerprint density at radius 1 is 1.09 bits per heavy atom. The Morgan fingerprint density at radius 2 is 1.91 bits per heavy atom. The summed E-state index contributed by atoms with van der Waals surface area (Å²) < 4.78 is 1.79. The molecule has 0 amide bonds. The zero-order chi connectivity index (χ0) is 23.7. The molecule has 8 nitrogen and oxygen atoms in total. The highest BCUT2D eigenvalue weighted by Gasteiger charge is 2.26. The normalized spacial score (nSPS) is 18.0. The third kappa shape index (κ3) is 4.23. The molecule has 1 aliphatic rings. The van der Waals surface area contributed by atoms with Crippen molar-refractivity contribution in [1.82, 2.24) is 24.8 Å². The van der Waals surface area contributed by atoms with Crippen LogP contribution in [-0.2, 0) is 0 Å². The van der Waals surface area contributed by atoms with Crippen LogP contribution in [0.5, 0.6) is 0 Å². The Hall–Kier alpha value is -3.82. The second kappa shape index (κ2) is 9.20. The average molecular weight is 469 g/mol. The summed E-state index contributed by atoms with van der Waals surface area (Å²) in [6, 6.07) is 12.5.